The molecule has 106 valence electrons. The number of sulfonamides is 1. The Labute approximate surface area is 108 Å². The van der Waals surface area contributed by atoms with Gasteiger partial charge < -0.3 is 10.4 Å². The van der Waals surface area contributed by atoms with Crippen LogP contribution in [0.4, 0.5) is 0 Å². The summed E-state index contributed by atoms with van der Waals surface area (Å²) in [6, 6.07) is -0.683. The average molecular weight is 278 g/mol. The maximum absolute atomic E-state index is 12.0. The largest absolute Gasteiger partial charge is 0.396 e. The smallest absolute Gasteiger partial charge is 0.238 e. The van der Waals surface area contributed by atoms with E-state index in [-0.39, 0.29) is 18.6 Å². The van der Waals surface area contributed by atoms with Crippen LogP contribution in [-0.4, -0.2) is 55.2 Å². The number of aliphatic hydroxyl groups excluding tert-OH is 1. The molecule has 2 unspecified atom stereocenters. The van der Waals surface area contributed by atoms with Gasteiger partial charge in [-0.3, -0.25) is 4.79 Å². The molecule has 18 heavy (non-hydrogen) atoms. The number of hydrogen-bond acceptors (Lipinski definition) is 4. The van der Waals surface area contributed by atoms with Gasteiger partial charge in [-0.15, -0.1) is 0 Å². The third-order valence-electron chi connectivity index (χ3n) is 3.25. The summed E-state index contributed by atoms with van der Waals surface area (Å²) in [5.74, 6) is -0.252. The van der Waals surface area contributed by atoms with Crippen molar-refractivity contribution in [2.24, 2.45) is 0 Å². The average Bonchev–Trinajstić information content (AvgIpc) is 2.76. The molecule has 0 bridgehead atoms. The molecule has 2 atom stereocenters. The maximum Gasteiger partial charge on any atom is 0.238 e. The van der Waals surface area contributed by atoms with Gasteiger partial charge in [-0.25, -0.2) is 8.42 Å². The van der Waals surface area contributed by atoms with Gasteiger partial charge in [0, 0.05) is 19.2 Å². The molecule has 0 aromatic heterocycles. The highest BCUT2D eigenvalue weighted by Crippen LogP contribution is 2.20. The fraction of sp³-hybridized carbons (Fsp3) is 0.909. The van der Waals surface area contributed by atoms with E-state index in [1.807, 2.05) is 6.92 Å². The molecule has 1 aliphatic heterocycles. The molecule has 0 aromatic rings. The summed E-state index contributed by atoms with van der Waals surface area (Å²) < 4.78 is 24.3. The van der Waals surface area contributed by atoms with Crippen LogP contribution in [0.3, 0.4) is 0 Å². The molecule has 0 aliphatic carbocycles. The van der Waals surface area contributed by atoms with Crippen LogP contribution in [0.5, 0.6) is 0 Å². The van der Waals surface area contributed by atoms with Crippen LogP contribution in [0.25, 0.3) is 0 Å². The molecule has 1 amide bonds. The first-order valence-corrected chi connectivity index (χ1v) is 8.13. The van der Waals surface area contributed by atoms with Crippen molar-refractivity contribution in [2.45, 2.75) is 44.7 Å². The zero-order valence-electron chi connectivity index (χ0n) is 10.9. The molecule has 0 spiro atoms. The zero-order chi connectivity index (χ0) is 13.8. The van der Waals surface area contributed by atoms with Crippen LogP contribution >= 0.6 is 0 Å². The first-order valence-electron chi connectivity index (χ1n) is 6.28. The van der Waals surface area contributed by atoms with Crippen molar-refractivity contribution in [3.63, 3.8) is 0 Å². The lowest BCUT2D eigenvalue weighted by atomic mass is 10.1. The molecule has 0 saturated carbocycles. The normalized spacial score (nSPS) is 22.9. The summed E-state index contributed by atoms with van der Waals surface area (Å²) in [5.41, 5.74) is 0. The Morgan fingerprint density at radius 2 is 2.22 bits per heavy atom. The summed E-state index contributed by atoms with van der Waals surface area (Å²) in [4.78, 5) is 12.0. The van der Waals surface area contributed by atoms with Crippen molar-refractivity contribution in [3.8, 4) is 0 Å². The van der Waals surface area contributed by atoms with Crippen molar-refractivity contribution in [1.29, 1.82) is 0 Å². The molecule has 0 radical (unpaired) electrons. The second-order valence-electron chi connectivity index (χ2n) is 4.66. The lowest BCUT2D eigenvalue weighted by Crippen LogP contribution is -2.48. The molecule has 0 aromatic carbocycles. The maximum atomic E-state index is 12.0. The van der Waals surface area contributed by atoms with Crippen molar-refractivity contribution < 1.29 is 18.3 Å². The third-order valence-corrected chi connectivity index (χ3v) is 4.54. The Kier molecular flexibility index (Phi) is 5.55. The highest BCUT2D eigenvalue weighted by Gasteiger charge is 2.36. The fourth-order valence-corrected chi connectivity index (χ4v) is 3.35. The van der Waals surface area contributed by atoms with Crippen LogP contribution < -0.4 is 5.32 Å². The molecule has 6 nitrogen and oxygen atoms in total. The predicted octanol–water partition coefficient (Wildman–Crippen LogP) is -0.312. The molecule has 2 N–H and O–H groups in total. The fourth-order valence-electron chi connectivity index (χ4n) is 2.23. The monoisotopic (exact) mass is 278 g/mol. The van der Waals surface area contributed by atoms with Crippen molar-refractivity contribution in [2.75, 3.05) is 19.4 Å². The Hall–Kier alpha value is -0.660. The highest BCUT2D eigenvalue weighted by molar-refractivity contribution is 7.88. The number of nitrogens with one attached hydrogen (secondary N) is 1. The predicted molar refractivity (Wildman–Crippen MR) is 68.5 cm³/mol. The third kappa shape index (κ3) is 3.93. The lowest BCUT2D eigenvalue weighted by molar-refractivity contribution is -0.125. The SMILES string of the molecule is CCC(CCO)NC(=O)C1CCCN1S(C)(=O)=O. The van der Waals surface area contributed by atoms with E-state index in [4.69, 9.17) is 5.11 Å². The number of carbonyl (C=O) groups is 1. The Morgan fingerprint density at radius 1 is 1.56 bits per heavy atom. The van der Waals surface area contributed by atoms with Crippen molar-refractivity contribution in [1.82, 2.24) is 9.62 Å². The Bertz CT molecular complexity index is 383. The Morgan fingerprint density at radius 3 is 2.72 bits per heavy atom. The first-order chi connectivity index (χ1) is 8.40. The van der Waals surface area contributed by atoms with Gasteiger partial charge in [-0.2, -0.15) is 4.31 Å². The van der Waals surface area contributed by atoms with Crippen molar-refractivity contribution >= 4 is 15.9 Å². The van der Waals surface area contributed by atoms with E-state index in [9.17, 15) is 13.2 Å². The first kappa shape index (κ1) is 15.4. The van der Waals surface area contributed by atoms with Gasteiger partial charge in [0.2, 0.25) is 15.9 Å². The topological polar surface area (TPSA) is 86.7 Å². The van der Waals surface area contributed by atoms with Gasteiger partial charge in [-0.05, 0) is 25.7 Å². The number of aliphatic hydroxyl groups is 1. The van der Waals surface area contributed by atoms with E-state index < -0.39 is 16.1 Å². The molecule has 1 saturated heterocycles. The second-order valence-corrected chi connectivity index (χ2v) is 6.59. The minimum atomic E-state index is -3.33. The number of nitrogens with zero attached hydrogens (tertiary/aromatic N) is 1. The van der Waals surface area contributed by atoms with Crippen molar-refractivity contribution in [3.05, 3.63) is 0 Å². The van der Waals surface area contributed by atoms with Gasteiger partial charge in [0.25, 0.3) is 0 Å². The van der Waals surface area contributed by atoms with Crippen LogP contribution in [0, 0.1) is 0 Å². The van der Waals surface area contributed by atoms with Crippen LogP contribution in [0.2, 0.25) is 0 Å². The van der Waals surface area contributed by atoms with Crippen LogP contribution in [0.1, 0.15) is 32.6 Å². The number of amides is 1. The summed E-state index contributed by atoms with van der Waals surface area (Å²) in [6.45, 7) is 2.34. The number of carbonyl (C=O) groups excluding carboxylic acids is 1. The van der Waals surface area contributed by atoms with E-state index in [2.05, 4.69) is 5.32 Å². The van der Waals surface area contributed by atoms with Gasteiger partial charge in [0.05, 0.1) is 6.26 Å². The highest BCUT2D eigenvalue weighted by atomic mass is 32.2. The molecule has 1 rings (SSSR count). The number of rotatable bonds is 6. The van der Waals surface area contributed by atoms with Gasteiger partial charge in [-0.1, -0.05) is 6.92 Å². The molecular formula is C11H22N2O4S. The molecule has 1 fully saturated rings. The second kappa shape index (κ2) is 6.49. The quantitative estimate of drug-likeness (QED) is 0.697. The molecule has 1 heterocycles. The van der Waals surface area contributed by atoms with E-state index in [0.29, 0.717) is 25.8 Å². The summed E-state index contributed by atoms with van der Waals surface area (Å²) in [6.07, 6.45) is 3.62. The molecule has 7 heteroatoms. The zero-order valence-corrected chi connectivity index (χ0v) is 11.7. The van der Waals surface area contributed by atoms with Crippen LogP contribution in [0.15, 0.2) is 0 Å². The molecular weight excluding hydrogens is 256 g/mol. The minimum absolute atomic E-state index is 0.0131. The van der Waals surface area contributed by atoms with Gasteiger partial charge in [0.15, 0.2) is 0 Å². The summed E-state index contributed by atoms with van der Waals surface area (Å²) >= 11 is 0. The Balaban J connectivity index is 2.66. The standard InChI is InChI=1S/C11H22N2O4S/c1-3-9(6-8-14)12-11(15)10-5-4-7-13(10)18(2,16)17/h9-10,14H,3-8H2,1-2H3,(H,12,15). The van der Waals surface area contributed by atoms with E-state index in [1.165, 1.54) is 4.31 Å². The van der Waals surface area contributed by atoms with Gasteiger partial charge in [0.1, 0.15) is 6.04 Å². The van der Waals surface area contributed by atoms with E-state index in [0.717, 1.165) is 12.7 Å². The molecule has 1 aliphatic rings. The van der Waals surface area contributed by atoms with Gasteiger partial charge >= 0.3 is 0 Å². The van der Waals surface area contributed by atoms with E-state index in [1.54, 1.807) is 0 Å². The summed E-state index contributed by atoms with van der Waals surface area (Å²) in [5, 5.41) is 11.7. The van der Waals surface area contributed by atoms with Crippen LogP contribution in [-0.2, 0) is 14.8 Å². The lowest BCUT2D eigenvalue weighted by Gasteiger charge is -2.24. The number of hydrogen-bond donors (Lipinski definition) is 2. The summed E-state index contributed by atoms with van der Waals surface area (Å²) in [7, 11) is -3.33. The van der Waals surface area contributed by atoms with E-state index >= 15 is 0 Å². The minimum Gasteiger partial charge on any atom is -0.396 e.